The largest absolute Gasteiger partial charge is 0.342 e. The lowest BCUT2D eigenvalue weighted by atomic mass is 9.98. The zero-order valence-corrected chi connectivity index (χ0v) is 15.2. The van der Waals surface area contributed by atoms with Gasteiger partial charge in [-0.3, -0.25) is 4.79 Å². The van der Waals surface area contributed by atoms with Gasteiger partial charge in [0.25, 0.3) is 0 Å². The summed E-state index contributed by atoms with van der Waals surface area (Å²) in [5.41, 5.74) is 3.09. The fourth-order valence-corrected chi connectivity index (χ4v) is 2.85. The van der Waals surface area contributed by atoms with Gasteiger partial charge in [-0.25, -0.2) is 0 Å². The highest BCUT2D eigenvalue weighted by Crippen LogP contribution is 2.21. The van der Waals surface area contributed by atoms with Gasteiger partial charge >= 0.3 is 0 Å². The summed E-state index contributed by atoms with van der Waals surface area (Å²) < 4.78 is 1.02. The van der Waals surface area contributed by atoms with Crippen molar-refractivity contribution in [3.63, 3.8) is 0 Å². The maximum absolute atomic E-state index is 12.4. The van der Waals surface area contributed by atoms with E-state index in [1.54, 1.807) is 6.08 Å². The van der Waals surface area contributed by atoms with Crippen molar-refractivity contribution in [1.82, 2.24) is 5.32 Å². The molecule has 0 bridgehead atoms. The van der Waals surface area contributed by atoms with Crippen LogP contribution in [0, 0.1) is 0 Å². The first-order valence-electron chi connectivity index (χ1n) is 8.06. The van der Waals surface area contributed by atoms with Crippen molar-refractivity contribution < 1.29 is 4.79 Å². The van der Waals surface area contributed by atoms with E-state index >= 15 is 0 Å². The van der Waals surface area contributed by atoms with E-state index in [0.717, 1.165) is 21.2 Å². The summed E-state index contributed by atoms with van der Waals surface area (Å²) in [6, 6.07) is 27.6. The standard InChI is InChI=1S/C22H18BrNO/c23-20-14-11-17(12-15-20)13-16-21(25)24-22(18-7-3-1-4-8-18)19-9-5-2-6-10-19/h1-16,22H,(H,24,25)/b16-13+. The molecule has 3 heteroatoms. The molecular formula is C22H18BrNO. The molecule has 0 radical (unpaired) electrons. The molecule has 1 N–H and O–H groups in total. The maximum atomic E-state index is 12.4. The molecule has 3 rings (SSSR count). The van der Waals surface area contributed by atoms with Gasteiger partial charge in [-0.05, 0) is 34.9 Å². The number of amides is 1. The zero-order chi connectivity index (χ0) is 17.5. The Morgan fingerprint density at radius 2 is 1.32 bits per heavy atom. The molecule has 0 unspecified atom stereocenters. The van der Waals surface area contributed by atoms with Crippen molar-refractivity contribution in [2.24, 2.45) is 0 Å². The number of nitrogens with one attached hydrogen (secondary N) is 1. The van der Waals surface area contributed by atoms with Crippen LogP contribution in [-0.4, -0.2) is 5.91 Å². The third-order valence-electron chi connectivity index (χ3n) is 3.85. The quantitative estimate of drug-likeness (QED) is 0.582. The van der Waals surface area contributed by atoms with E-state index in [1.807, 2.05) is 91.0 Å². The number of hydrogen-bond donors (Lipinski definition) is 1. The summed E-state index contributed by atoms with van der Waals surface area (Å²) in [5, 5.41) is 3.10. The molecule has 3 aromatic carbocycles. The van der Waals surface area contributed by atoms with Gasteiger partial charge in [0, 0.05) is 10.5 Å². The topological polar surface area (TPSA) is 29.1 Å². The number of carbonyl (C=O) groups excluding carboxylic acids is 1. The predicted molar refractivity (Wildman–Crippen MR) is 106 cm³/mol. The van der Waals surface area contributed by atoms with Crippen LogP contribution >= 0.6 is 15.9 Å². The molecular weight excluding hydrogens is 374 g/mol. The molecule has 0 spiro atoms. The minimum atomic E-state index is -0.176. The molecule has 0 aliphatic carbocycles. The van der Waals surface area contributed by atoms with Crippen LogP contribution in [0.1, 0.15) is 22.7 Å². The van der Waals surface area contributed by atoms with Crippen LogP contribution in [0.25, 0.3) is 6.08 Å². The monoisotopic (exact) mass is 391 g/mol. The molecule has 2 nitrogen and oxygen atoms in total. The van der Waals surface area contributed by atoms with Gasteiger partial charge in [-0.1, -0.05) is 88.7 Å². The Balaban J connectivity index is 1.78. The van der Waals surface area contributed by atoms with Gasteiger partial charge in [0.1, 0.15) is 0 Å². The highest BCUT2D eigenvalue weighted by Gasteiger charge is 2.15. The summed E-state index contributed by atoms with van der Waals surface area (Å²) in [7, 11) is 0. The van der Waals surface area contributed by atoms with Gasteiger partial charge in [0.05, 0.1) is 6.04 Å². The number of benzene rings is 3. The van der Waals surface area contributed by atoms with E-state index in [0.29, 0.717) is 0 Å². The molecule has 0 fully saturated rings. The second kappa shape index (κ2) is 8.45. The normalized spacial score (nSPS) is 11.0. The molecule has 0 aliphatic rings. The average Bonchev–Trinajstić information content (AvgIpc) is 2.67. The molecule has 3 aromatic rings. The van der Waals surface area contributed by atoms with Crippen LogP contribution < -0.4 is 5.32 Å². The van der Waals surface area contributed by atoms with Crippen molar-refractivity contribution in [2.45, 2.75) is 6.04 Å². The Bertz CT molecular complexity index is 803. The molecule has 0 heterocycles. The number of halogens is 1. The van der Waals surface area contributed by atoms with Gasteiger partial charge in [0.2, 0.25) is 5.91 Å². The Hall–Kier alpha value is -2.65. The minimum Gasteiger partial charge on any atom is -0.342 e. The van der Waals surface area contributed by atoms with Gasteiger partial charge in [-0.15, -0.1) is 0 Å². The molecule has 0 saturated heterocycles. The molecule has 0 atom stereocenters. The number of carbonyl (C=O) groups is 1. The lowest BCUT2D eigenvalue weighted by molar-refractivity contribution is -0.116. The third-order valence-corrected chi connectivity index (χ3v) is 4.38. The first-order chi connectivity index (χ1) is 12.2. The van der Waals surface area contributed by atoms with Crippen LogP contribution in [0.5, 0.6) is 0 Å². The van der Waals surface area contributed by atoms with Crippen LogP contribution in [-0.2, 0) is 4.79 Å². The summed E-state index contributed by atoms with van der Waals surface area (Å²) in [4.78, 5) is 12.4. The molecule has 1 amide bonds. The Morgan fingerprint density at radius 1 is 0.800 bits per heavy atom. The second-order valence-electron chi connectivity index (χ2n) is 5.65. The van der Waals surface area contributed by atoms with Gasteiger partial charge in [-0.2, -0.15) is 0 Å². The third kappa shape index (κ3) is 4.91. The fourth-order valence-electron chi connectivity index (χ4n) is 2.59. The van der Waals surface area contributed by atoms with E-state index in [1.165, 1.54) is 0 Å². The summed E-state index contributed by atoms with van der Waals surface area (Å²) in [6.07, 6.45) is 3.39. The van der Waals surface area contributed by atoms with E-state index in [9.17, 15) is 4.79 Å². The van der Waals surface area contributed by atoms with Crippen molar-refractivity contribution in [3.05, 3.63) is 112 Å². The summed E-state index contributed by atoms with van der Waals surface area (Å²) in [6.45, 7) is 0. The van der Waals surface area contributed by atoms with Crippen molar-refractivity contribution in [3.8, 4) is 0 Å². The van der Waals surface area contributed by atoms with Crippen LogP contribution in [0.15, 0.2) is 95.5 Å². The average molecular weight is 392 g/mol. The Morgan fingerprint density at radius 3 is 1.84 bits per heavy atom. The lowest BCUT2D eigenvalue weighted by Crippen LogP contribution is -2.27. The Kier molecular flexibility index (Phi) is 5.81. The van der Waals surface area contributed by atoms with Gasteiger partial charge < -0.3 is 5.32 Å². The maximum Gasteiger partial charge on any atom is 0.244 e. The molecule has 124 valence electrons. The van der Waals surface area contributed by atoms with Crippen LogP contribution in [0.2, 0.25) is 0 Å². The lowest BCUT2D eigenvalue weighted by Gasteiger charge is -2.19. The van der Waals surface area contributed by atoms with Crippen molar-refractivity contribution in [2.75, 3.05) is 0 Å². The van der Waals surface area contributed by atoms with E-state index in [2.05, 4.69) is 21.2 Å². The highest BCUT2D eigenvalue weighted by atomic mass is 79.9. The van der Waals surface area contributed by atoms with Crippen LogP contribution in [0.3, 0.4) is 0 Å². The SMILES string of the molecule is O=C(/C=C/c1ccc(Br)cc1)NC(c1ccccc1)c1ccccc1. The molecule has 0 aromatic heterocycles. The van der Waals surface area contributed by atoms with Crippen LogP contribution in [0.4, 0.5) is 0 Å². The van der Waals surface area contributed by atoms with Crippen molar-refractivity contribution >= 4 is 27.9 Å². The van der Waals surface area contributed by atoms with E-state index < -0.39 is 0 Å². The smallest absolute Gasteiger partial charge is 0.244 e. The first-order valence-corrected chi connectivity index (χ1v) is 8.86. The summed E-state index contributed by atoms with van der Waals surface area (Å²) >= 11 is 3.41. The zero-order valence-electron chi connectivity index (χ0n) is 13.6. The number of hydrogen-bond acceptors (Lipinski definition) is 1. The number of rotatable bonds is 5. The summed E-state index contributed by atoms with van der Waals surface area (Å²) in [5.74, 6) is -0.124. The fraction of sp³-hybridized carbons (Fsp3) is 0.0455. The van der Waals surface area contributed by atoms with Gasteiger partial charge in [0.15, 0.2) is 0 Å². The van der Waals surface area contributed by atoms with E-state index in [4.69, 9.17) is 0 Å². The molecule has 0 aliphatic heterocycles. The van der Waals surface area contributed by atoms with E-state index in [-0.39, 0.29) is 11.9 Å². The minimum absolute atomic E-state index is 0.124. The Labute approximate surface area is 156 Å². The predicted octanol–water partition coefficient (Wildman–Crippen LogP) is 5.37. The van der Waals surface area contributed by atoms with Crippen molar-refractivity contribution in [1.29, 1.82) is 0 Å². The first kappa shape index (κ1) is 17.2. The molecule has 0 saturated carbocycles. The molecule has 25 heavy (non-hydrogen) atoms. The second-order valence-corrected chi connectivity index (χ2v) is 6.56. The highest BCUT2D eigenvalue weighted by molar-refractivity contribution is 9.10.